The zero-order chi connectivity index (χ0) is 13.1. The Morgan fingerprint density at radius 3 is 1.06 bits per heavy atom. The summed E-state index contributed by atoms with van der Waals surface area (Å²) in [6, 6.07) is 0. The maximum atomic E-state index is 5.40. The number of ether oxygens (including phenoxy) is 6. The van der Waals surface area contributed by atoms with Crippen molar-refractivity contribution in [3.63, 3.8) is 0 Å². The van der Waals surface area contributed by atoms with Crippen LogP contribution in [0.15, 0.2) is 0 Å². The fourth-order valence-corrected chi connectivity index (χ4v) is 1.39. The van der Waals surface area contributed by atoms with Crippen molar-refractivity contribution < 1.29 is 28.4 Å². The average molecular weight is 264 g/mol. The van der Waals surface area contributed by atoms with Gasteiger partial charge in [-0.25, -0.2) is 0 Å². The maximum Gasteiger partial charge on any atom is 0.155 e. The highest BCUT2D eigenvalue weighted by atomic mass is 16.7. The van der Waals surface area contributed by atoms with Gasteiger partial charge in [0, 0.05) is 0 Å². The monoisotopic (exact) mass is 264 g/mol. The molecule has 0 spiro atoms. The molecule has 1 aliphatic heterocycles. The molecule has 18 heavy (non-hydrogen) atoms. The Hall–Kier alpha value is -0.240. The molecule has 1 saturated heterocycles. The molecule has 1 fully saturated rings. The van der Waals surface area contributed by atoms with Crippen LogP contribution in [0, 0.1) is 0 Å². The normalized spacial score (nSPS) is 31.0. The first-order chi connectivity index (χ1) is 8.79. The summed E-state index contributed by atoms with van der Waals surface area (Å²) in [6.07, 6.45) is -0.477. The van der Waals surface area contributed by atoms with E-state index in [-0.39, 0.29) is 12.6 Å². The van der Waals surface area contributed by atoms with E-state index in [0.717, 1.165) is 0 Å². The van der Waals surface area contributed by atoms with Gasteiger partial charge >= 0.3 is 0 Å². The molecule has 0 N–H and O–H groups in total. The van der Waals surface area contributed by atoms with E-state index in [2.05, 4.69) is 0 Å². The first kappa shape index (κ1) is 15.8. The Balaban J connectivity index is 2.17. The number of hydrogen-bond donors (Lipinski definition) is 0. The highest BCUT2D eigenvalue weighted by Gasteiger charge is 2.04. The van der Waals surface area contributed by atoms with Gasteiger partial charge in [0.05, 0.1) is 52.9 Å². The lowest BCUT2D eigenvalue weighted by atomic mass is 10.6. The molecule has 0 aromatic heterocycles. The van der Waals surface area contributed by atoms with Crippen molar-refractivity contribution in [2.24, 2.45) is 0 Å². The third-order valence-corrected chi connectivity index (χ3v) is 2.32. The second-order valence-electron chi connectivity index (χ2n) is 3.84. The molecule has 0 aromatic carbocycles. The zero-order valence-electron chi connectivity index (χ0n) is 11.3. The van der Waals surface area contributed by atoms with Crippen LogP contribution in [0.5, 0.6) is 0 Å². The van der Waals surface area contributed by atoms with E-state index in [9.17, 15) is 0 Å². The smallest absolute Gasteiger partial charge is 0.155 e. The summed E-state index contributed by atoms with van der Waals surface area (Å²) in [6.45, 7) is 7.87. The van der Waals surface area contributed by atoms with Crippen LogP contribution in [0.4, 0.5) is 0 Å². The topological polar surface area (TPSA) is 55.4 Å². The van der Waals surface area contributed by atoms with Crippen molar-refractivity contribution in [2.45, 2.75) is 26.4 Å². The summed E-state index contributed by atoms with van der Waals surface area (Å²) in [5.41, 5.74) is 0. The molecule has 0 aliphatic carbocycles. The van der Waals surface area contributed by atoms with Crippen LogP contribution >= 0.6 is 0 Å². The highest BCUT2D eigenvalue weighted by molar-refractivity contribution is 4.40. The van der Waals surface area contributed by atoms with Crippen LogP contribution in [-0.4, -0.2) is 65.4 Å². The molecule has 0 saturated carbocycles. The van der Waals surface area contributed by atoms with E-state index in [0.29, 0.717) is 52.9 Å². The van der Waals surface area contributed by atoms with Crippen LogP contribution in [-0.2, 0) is 28.4 Å². The second-order valence-corrected chi connectivity index (χ2v) is 3.84. The van der Waals surface area contributed by atoms with Crippen LogP contribution < -0.4 is 0 Å². The summed E-state index contributed by atoms with van der Waals surface area (Å²) in [4.78, 5) is 0. The summed E-state index contributed by atoms with van der Waals surface area (Å²) in [7, 11) is 0. The summed E-state index contributed by atoms with van der Waals surface area (Å²) >= 11 is 0. The van der Waals surface area contributed by atoms with Crippen molar-refractivity contribution in [1.82, 2.24) is 0 Å². The van der Waals surface area contributed by atoms with Crippen molar-refractivity contribution in [3.8, 4) is 0 Å². The minimum absolute atomic E-state index is 0.238. The van der Waals surface area contributed by atoms with E-state index >= 15 is 0 Å². The lowest BCUT2D eigenvalue weighted by molar-refractivity contribution is -0.167. The van der Waals surface area contributed by atoms with Gasteiger partial charge in [-0.05, 0) is 13.8 Å². The quantitative estimate of drug-likeness (QED) is 0.645. The first-order valence-corrected chi connectivity index (χ1v) is 6.41. The molecule has 1 rings (SSSR count). The van der Waals surface area contributed by atoms with Crippen LogP contribution in [0.2, 0.25) is 0 Å². The fraction of sp³-hybridized carbons (Fsp3) is 1.00. The predicted molar refractivity (Wildman–Crippen MR) is 64.4 cm³/mol. The summed E-state index contributed by atoms with van der Waals surface area (Å²) in [5, 5.41) is 0. The van der Waals surface area contributed by atoms with Gasteiger partial charge in [0.1, 0.15) is 0 Å². The van der Waals surface area contributed by atoms with Gasteiger partial charge in [0.25, 0.3) is 0 Å². The van der Waals surface area contributed by atoms with Crippen LogP contribution in [0.1, 0.15) is 13.8 Å². The average Bonchev–Trinajstić information content (AvgIpc) is 2.35. The largest absolute Gasteiger partial charge is 0.377 e. The standard InChI is InChI=1S/C12H24O6/c1-11-15-7-3-13-5-9-17-12(2)18-10-6-14-4-8-16-11/h11-12H,3-10H2,1-2H3. The lowest BCUT2D eigenvalue weighted by Gasteiger charge is -2.17. The van der Waals surface area contributed by atoms with Gasteiger partial charge in [0.2, 0.25) is 0 Å². The molecule has 6 heteroatoms. The van der Waals surface area contributed by atoms with Gasteiger partial charge in [-0.15, -0.1) is 0 Å². The maximum absolute atomic E-state index is 5.40. The molecule has 0 bridgehead atoms. The van der Waals surface area contributed by atoms with Crippen molar-refractivity contribution >= 4 is 0 Å². The lowest BCUT2D eigenvalue weighted by Crippen LogP contribution is -2.22. The number of rotatable bonds is 0. The van der Waals surface area contributed by atoms with Gasteiger partial charge in [-0.1, -0.05) is 0 Å². The van der Waals surface area contributed by atoms with Gasteiger partial charge in [-0.3, -0.25) is 0 Å². The van der Waals surface area contributed by atoms with Crippen molar-refractivity contribution in [3.05, 3.63) is 0 Å². The van der Waals surface area contributed by atoms with E-state index in [1.165, 1.54) is 0 Å². The van der Waals surface area contributed by atoms with Gasteiger partial charge in [-0.2, -0.15) is 0 Å². The molecular formula is C12H24O6. The fourth-order valence-electron chi connectivity index (χ4n) is 1.39. The Morgan fingerprint density at radius 2 is 0.778 bits per heavy atom. The molecule has 0 amide bonds. The molecule has 0 unspecified atom stereocenters. The SMILES string of the molecule is CC1OCCOCCOC(C)OCCOCCO1. The van der Waals surface area contributed by atoms with E-state index in [4.69, 9.17) is 28.4 Å². The minimum atomic E-state index is -0.238. The van der Waals surface area contributed by atoms with E-state index in [1.807, 2.05) is 13.8 Å². The van der Waals surface area contributed by atoms with E-state index < -0.39 is 0 Å². The Labute approximate surface area is 108 Å². The molecule has 0 aromatic rings. The Kier molecular flexibility index (Phi) is 9.37. The highest BCUT2D eigenvalue weighted by Crippen LogP contribution is 1.97. The minimum Gasteiger partial charge on any atom is -0.377 e. The molecular weight excluding hydrogens is 240 g/mol. The summed E-state index contributed by atoms with van der Waals surface area (Å²) < 4.78 is 32.3. The number of hydrogen-bond acceptors (Lipinski definition) is 6. The van der Waals surface area contributed by atoms with Gasteiger partial charge in [0.15, 0.2) is 12.6 Å². The predicted octanol–water partition coefficient (Wildman–Crippen LogP) is 0.792. The molecule has 0 radical (unpaired) electrons. The molecule has 1 heterocycles. The zero-order valence-corrected chi connectivity index (χ0v) is 11.3. The van der Waals surface area contributed by atoms with Crippen molar-refractivity contribution in [2.75, 3.05) is 52.9 Å². The van der Waals surface area contributed by atoms with E-state index in [1.54, 1.807) is 0 Å². The van der Waals surface area contributed by atoms with Crippen LogP contribution in [0.25, 0.3) is 0 Å². The Bertz CT molecular complexity index is 153. The van der Waals surface area contributed by atoms with Crippen molar-refractivity contribution in [1.29, 1.82) is 0 Å². The molecule has 1 aliphatic rings. The summed E-state index contributed by atoms with van der Waals surface area (Å²) in [5.74, 6) is 0. The first-order valence-electron chi connectivity index (χ1n) is 6.41. The third kappa shape index (κ3) is 8.79. The second kappa shape index (κ2) is 10.7. The third-order valence-electron chi connectivity index (χ3n) is 2.32. The molecule has 6 nitrogen and oxygen atoms in total. The molecule has 108 valence electrons. The van der Waals surface area contributed by atoms with Crippen LogP contribution in [0.3, 0.4) is 0 Å². The Morgan fingerprint density at radius 1 is 0.500 bits per heavy atom. The molecule has 0 atom stereocenters. The van der Waals surface area contributed by atoms with Gasteiger partial charge < -0.3 is 28.4 Å².